The topological polar surface area (TPSA) is 80.0 Å². The van der Waals surface area contributed by atoms with Crippen molar-refractivity contribution in [3.8, 4) is 0 Å². The molecule has 28 heavy (non-hydrogen) atoms. The summed E-state index contributed by atoms with van der Waals surface area (Å²) in [5.41, 5.74) is 2.54. The van der Waals surface area contributed by atoms with Crippen LogP contribution < -0.4 is 4.90 Å². The smallest absolute Gasteiger partial charge is 0.246 e. The molecule has 8 nitrogen and oxygen atoms in total. The quantitative estimate of drug-likeness (QED) is 0.544. The number of rotatable bonds is 3. The van der Waals surface area contributed by atoms with Crippen LogP contribution in [0.2, 0.25) is 0 Å². The van der Waals surface area contributed by atoms with Gasteiger partial charge in [0.2, 0.25) is 5.91 Å². The first-order valence-electron chi connectivity index (χ1n) is 9.30. The standard InChI is InChI=1S/C20H19N7O/c28-19(13-27-23-17-7-3-4-8-18(17)24-27)25-9-11-26(12-10-25)20-15-5-1-2-6-16(15)21-14-22-20/h1-8,14H,9-13H2. The van der Waals surface area contributed by atoms with Crippen molar-refractivity contribution in [2.75, 3.05) is 31.1 Å². The summed E-state index contributed by atoms with van der Waals surface area (Å²) in [4.78, 5) is 27.1. The largest absolute Gasteiger partial charge is 0.352 e. The summed E-state index contributed by atoms with van der Waals surface area (Å²) in [5.74, 6) is 0.963. The lowest BCUT2D eigenvalue weighted by atomic mass is 10.2. The maximum atomic E-state index is 12.7. The van der Waals surface area contributed by atoms with Crippen molar-refractivity contribution in [3.05, 3.63) is 54.9 Å². The summed E-state index contributed by atoms with van der Waals surface area (Å²) in [6.07, 6.45) is 1.60. The summed E-state index contributed by atoms with van der Waals surface area (Å²) in [7, 11) is 0. The average molecular weight is 373 g/mol. The zero-order chi connectivity index (χ0) is 18.9. The van der Waals surface area contributed by atoms with Gasteiger partial charge in [0, 0.05) is 31.6 Å². The van der Waals surface area contributed by atoms with Crippen molar-refractivity contribution >= 4 is 33.7 Å². The molecule has 0 saturated carbocycles. The number of aromatic nitrogens is 5. The van der Waals surface area contributed by atoms with E-state index in [1.807, 2.05) is 53.4 Å². The number of carbonyl (C=O) groups excluding carboxylic acids is 1. The van der Waals surface area contributed by atoms with Crippen LogP contribution in [0.4, 0.5) is 5.82 Å². The van der Waals surface area contributed by atoms with Crippen LogP contribution >= 0.6 is 0 Å². The van der Waals surface area contributed by atoms with Gasteiger partial charge in [-0.05, 0) is 24.3 Å². The van der Waals surface area contributed by atoms with Crippen LogP contribution in [-0.2, 0) is 11.3 Å². The van der Waals surface area contributed by atoms with Crippen molar-refractivity contribution < 1.29 is 4.79 Å². The predicted octanol–water partition coefficient (Wildman–Crippen LogP) is 1.72. The molecule has 8 heteroatoms. The molecular weight excluding hydrogens is 354 g/mol. The van der Waals surface area contributed by atoms with Crippen molar-refractivity contribution in [3.63, 3.8) is 0 Å². The summed E-state index contributed by atoms with van der Waals surface area (Å²) in [6.45, 7) is 2.93. The first-order valence-corrected chi connectivity index (χ1v) is 9.30. The first kappa shape index (κ1) is 16.6. The van der Waals surface area contributed by atoms with Crippen LogP contribution in [0, 0.1) is 0 Å². The third-order valence-corrected chi connectivity index (χ3v) is 5.06. The number of carbonyl (C=O) groups is 1. The van der Waals surface area contributed by atoms with E-state index in [0.717, 1.165) is 40.8 Å². The zero-order valence-electron chi connectivity index (χ0n) is 15.3. The molecule has 0 aliphatic carbocycles. The highest BCUT2D eigenvalue weighted by atomic mass is 16.2. The van der Waals surface area contributed by atoms with Gasteiger partial charge in [-0.1, -0.05) is 24.3 Å². The number of hydrogen-bond acceptors (Lipinski definition) is 6. The minimum Gasteiger partial charge on any atom is -0.352 e. The van der Waals surface area contributed by atoms with E-state index in [9.17, 15) is 4.79 Å². The van der Waals surface area contributed by atoms with Crippen LogP contribution in [0.15, 0.2) is 54.9 Å². The van der Waals surface area contributed by atoms with Crippen LogP contribution in [0.1, 0.15) is 0 Å². The molecule has 0 atom stereocenters. The number of amides is 1. The Bertz CT molecular complexity index is 1110. The molecule has 2 aromatic heterocycles. The normalized spacial score (nSPS) is 14.7. The molecule has 1 fully saturated rings. The van der Waals surface area contributed by atoms with Gasteiger partial charge in [-0.25, -0.2) is 9.97 Å². The lowest BCUT2D eigenvalue weighted by Crippen LogP contribution is -2.50. The van der Waals surface area contributed by atoms with Crippen LogP contribution in [0.25, 0.3) is 21.9 Å². The summed E-state index contributed by atoms with van der Waals surface area (Å²) < 4.78 is 0. The van der Waals surface area contributed by atoms with Crippen LogP contribution in [0.5, 0.6) is 0 Å². The van der Waals surface area contributed by atoms with Crippen molar-refractivity contribution in [2.45, 2.75) is 6.54 Å². The number of hydrogen-bond donors (Lipinski definition) is 0. The highest BCUT2D eigenvalue weighted by Crippen LogP contribution is 2.23. The predicted molar refractivity (Wildman–Crippen MR) is 106 cm³/mol. The molecule has 3 heterocycles. The van der Waals surface area contributed by atoms with Crippen LogP contribution in [0.3, 0.4) is 0 Å². The number of piperazine rings is 1. The maximum Gasteiger partial charge on any atom is 0.246 e. The Hall–Kier alpha value is -3.55. The van der Waals surface area contributed by atoms with Gasteiger partial charge < -0.3 is 9.80 Å². The van der Waals surface area contributed by atoms with Gasteiger partial charge in [-0.2, -0.15) is 15.0 Å². The Morgan fingerprint density at radius 3 is 2.18 bits per heavy atom. The van der Waals surface area contributed by atoms with Gasteiger partial charge >= 0.3 is 0 Å². The molecule has 0 N–H and O–H groups in total. The van der Waals surface area contributed by atoms with Crippen molar-refractivity contribution in [2.24, 2.45) is 0 Å². The van der Waals surface area contributed by atoms with Crippen molar-refractivity contribution in [1.29, 1.82) is 0 Å². The van der Waals surface area contributed by atoms with E-state index in [0.29, 0.717) is 13.1 Å². The molecule has 1 aliphatic heterocycles. The monoisotopic (exact) mass is 373 g/mol. The van der Waals surface area contributed by atoms with E-state index in [1.165, 1.54) is 4.80 Å². The van der Waals surface area contributed by atoms with Gasteiger partial charge in [0.15, 0.2) is 0 Å². The Balaban J connectivity index is 1.27. The maximum absolute atomic E-state index is 12.7. The Kier molecular flexibility index (Phi) is 4.08. The van der Waals surface area contributed by atoms with Gasteiger partial charge in [-0.15, -0.1) is 0 Å². The molecule has 4 aromatic rings. The minimum absolute atomic E-state index is 0.0347. The molecule has 140 valence electrons. The molecule has 5 rings (SSSR count). The lowest BCUT2D eigenvalue weighted by Gasteiger charge is -2.35. The highest BCUT2D eigenvalue weighted by Gasteiger charge is 2.23. The highest BCUT2D eigenvalue weighted by molar-refractivity contribution is 5.89. The fraction of sp³-hybridized carbons (Fsp3) is 0.250. The summed E-state index contributed by atoms with van der Waals surface area (Å²) in [5, 5.41) is 9.79. The third kappa shape index (κ3) is 3.02. The summed E-state index contributed by atoms with van der Waals surface area (Å²) in [6, 6.07) is 15.6. The van der Waals surface area contributed by atoms with Crippen LogP contribution in [-0.4, -0.2) is 61.9 Å². The minimum atomic E-state index is 0.0347. The van der Waals surface area contributed by atoms with E-state index in [2.05, 4.69) is 25.1 Å². The molecule has 1 aliphatic rings. The molecule has 0 radical (unpaired) electrons. The SMILES string of the molecule is O=C(Cn1nc2ccccc2n1)N1CCN(c2ncnc3ccccc23)CC1. The van der Waals surface area contributed by atoms with E-state index in [4.69, 9.17) is 0 Å². The van der Waals surface area contributed by atoms with E-state index < -0.39 is 0 Å². The van der Waals surface area contributed by atoms with Gasteiger partial charge in [0.05, 0.1) is 5.52 Å². The van der Waals surface area contributed by atoms with Gasteiger partial charge in [-0.3, -0.25) is 4.79 Å². The summed E-state index contributed by atoms with van der Waals surface area (Å²) >= 11 is 0. The number of benzene rings is 2. The molecular formula is C20H19N7O. The number of fused-ring (bicyclic) bond motifs is 2. The molecule has 1 saturated heterocycles. The number of para-hydroxylation sites is 1. The lowest BCUT2D eigenvalue weighted by molar-refractivity contribution is -0.132. The fourth-order valence-electron chi connectivity index (χ4n) is 3.61. The average Bonchev–Trinajstić information content (AvgIpc) is 3.16. The van der Waals surface area contributed by atoms with Crippen molar-refractivity contribution in [1.82, 2.24) is 29.9 Å². The number of nitrogens with zero attached hydrogens (tertiary/aromatic N) is 7. The van der Waals surface area contributed by atoms with Gasteiger partial charge in [0.1, 0.15) is 29.7 Å². The Labute approximate surface area is 161 Å². The third-order valence-electron chi connectivity index (χ3n) is 5.06. The second-order valence-electron chi connectivity index (χ2n) is 6.80. The fourth-order valence-corrected chi connectivity index (χ4v) is 3.61. The molecule has 0 unspecified atom stereocenters. The second-order valence-corrected chi connectivity index (χ2v) is 6.80. The Morgan fingerprint density at radius 2 is 1.46 bits per heavy atom. The first-order chi connectivity index (χ1) is 13.8. The second kappa shape index (κ2) is 6.88. The molecule has 1 amide bonds. The molecule has 2 aromatic carbocycles. The number of anilines is 1. The molecule has 0 bridgehead atoms. The van der Waals surface area contributed by atoms with E-state index in [-0.39, 0.29) is 12.5 Å². The Morgan fingerprint density at radius 1 is 0.821 bits per heavy atom. The molecule has 0 spiro atoms. The zero-order valence-corrected chi connectivity index (χ0v) is 15.3. The van der Waals surface area contributed by atoms with E-state index >= 15 is 0 Å². The van der Waals surface area contributed by atoms with Gasteiger partial charge in [0.25, 0.3) is 0 Å². The van der Waals surface area contributed by atoms with E-state index in [1.54, 1.807) is 6.33 Å².